The number of rotatable bonds is 4. The molecule has 0 aliphatic carbocycles. The van der Waals surface area contributed by atoms with Crippen molar-refractivity contribution in [3.05, 3.63) is 52.6 Å². The summed E-state index contributed by atoms with van der Waals surface area (Å²) >= 11 is 0. The second-order valence-corrected chi connectivity index (χ2v) is 5.04. The smallest absolute Gasteiger partial charge is 0.127 e. The Bertz CT molecular complexity index is 575. The number of benzene rings is 1. The molecule has 0 aliphatic heterocycles. The molecule has 1 heterocycles. The van der Waals surface area contributed by atoms with Crippen LogP contribution in [0.3, 0.4) is 0 Å². The summed E-state index contributed by atoms with van der Waals surface area (Å²) < 4.78 is 15.5. The van der Waals surface area contributed by atoms with Crippen LogP contribution in [0.4, 0.5) is 4.39 Å². The van der Waals surface area contributed by atoms with Gasteiger partial charge in [-0.05, 0) is 27.0 Å². The van der Waals surface area contributed by atoms with Gasteiger partial charge in [-0.2, -0.15) is 5.10 Å². The summed E-state index contributed by atoms with van der Waals surface area (Å²) in [6.07, 6.45) is 0. The highest BCUT2D eigenvalue weighted by Gasteiger charge is 2.12. The van der Waals surface area contributed by atoms with E-state index in [-0.39, 0.29) is 5.82 Å². The fourth-order valence-electron chi connectivity index (χ4n) is 2.29. The first-order valence-electron chi connectivity index (χ1n) is 6.40. The molecule has 0 saturated carbocycles. The molecule has 0 unspecified atom stereocenters. The van der Waals surface area contributed by atoms with Crippen LogP contribution in [-0.4, -0.2) is 21.7 Å². The van der Waals surface area contributed by atoms with Gasteiger partial charge in [-0.1, -0.05) is 18.2 Å². The van der Waals surface area contributed by atoms with Gasteiger partial charge in [0.1, 0.15) is 5.82 Å². The largest absolute Gasteiger partial charge is 0.298 e. The maximum Gasteiger partial charge on any atom is 0.127 e. The Balaban J connectivity index is 2.10. The van der Waals surface area contributed by atoms with Gasteiger partial charge in [-0.25, -0.2) is 4.39 Å². The molecule has 0 spiro atoms. The van der Waals surface area contributed by atoms with Crippen LogP contribution in [0.1, 0.15) is 22.5 Å². The molecular formula is C15H20FN3. The zero-order chi connectivity index (χ0) is 14.0. The number of hydrogen-bond donors (Lipinski definition) is 0. The summed E-state index contributed by atoms with van der Waals surface area (Å²) in [6.45, 7) is 5.45. The van der Waals surface area contributed by atoms with E-state index in [1.165, 1.54) is 11.6 Å². The molecule has 0 aliphatic rings. The summed E-state index contributed by atoms with van der Waals surface area (Å²) in [6, 6.07) is 6.92. The predicted molar refractivity (Wildman–Crippen MR) is 74.3 cm³/mol. The number of aryl methyl sites for hydroxylation is 2. The molecule has 3 nitrogen and oxygen atoms in total. The van der Waals surface area contributed by atoms with E-state index in [9.17, 15) is 4.39 Å². The van der Waals surface area contributed by atoms with Gasteiger partial charge in [0.15, 0.2) is 0 Å². The first-order valence-corrected chi connectivity index (χ1v) is 6.40. The van der Waals surface area contributed by atoms with Crippen LogP contribution in [0.15, 0.2) is 24.3 Å². The van der Waals surface area contributed by atoms with Crippen molar-refractivity contribution in [2.24, 2.45) is 7.05 Å². The lowest BCUT2D eigenvalue weighted by Gasteiger charge is -2.17. The average Bonchev–Trinajstić information content (AvgIpc) is 2.59. The van der Waals surface area contributed by atoms with Crippen LogP contribution in [-0.2, 0) is 20.1 Å². The maximum absolute atomic E-state index is 13.6. The maximum atomic E-state index is 13.6. The Labute approximate surface area is 113 Å². The van der Waals surface area contributed by atoms with Crippen LogP contribution in [0.2, 0.25) is 0 Å². The average molecular weight is 261 g/mol. The van der Waals surface area contributed by atoms with Gasteiger partial charge in [0.25, 0.3) is 0 Å². The molecule has 1 aromatic heterocycles. The van der Waals surface area contributed by atoms with Crippen molar-refractivity contribution in [1.82, 2.24) is 14.7 Å². The van der Waals surface area contributed by atoms with Crippen molar-refractivity contribution < 1.29 is 4.39 Å². The lowest BCUT2D eigenvalue weighted by molar-refractivity contribution is 0.312. The Morgan fingerprint density at radius 2 is 1.89 bits per heavy atom. The van der Waals surface area contributed by atoms with Crippen molar-refractivity contribution in [2.45, 2.75) is 26.9 Å². The molecule has 0 bridgehead atoms. The predicted octanol–water partition coefficient (Wildman–Crippen LogP) is 2.81. The van der Waals surface area contributed by atoms with Crippen LogP contribution in [0.25, 0.3) is 0 Å². The molecule has 0 radical (unpaired) electrons. The zero-order valence-electron chi connectivity index (χ0n) is 11.9. The van der Waals surface area contributed by atoms with Gasteiger partial charge in [-0.15, -0.1) is 0 Å². The normalized spacial score (nSPS) is 11.3. The number of aromatic nitrogens is 2. The molecule has 0 N–H and O–H groups in total. The summed E-state index contributed by atoms with van der Waals surface area (Å²) in [4.78, 5) is 2.11. The van der Waals surface area contributed by atoms with Crippen LogP contribution >= 0.6 is 0 Å². The summed E-state index contributed by atoms with van der Waals surface area (Å²) in [5, 5.41) is 4.40. The summed E-state index contributed by atoms with van der Waals surface area (Å²) in [7, 11) is 3.95. The summed E-state index contributed by atoms with van der Waals surface area (Å²) in [5.74, 6) is -0.144. The zero-order valence-corrected chi connectivity index (χ0v) is 11.9. The second kappa shape index (κ2) is 5.53. The van der Waals surface area contributed by atoms with Crippen molar-refractivity contribution in [1.29, 1.82) is 0 Å². The number of nitrogens with zero attached hydrogens (tertiary/aromatic N) is 3. The van der Waals surface area contributed by atoms with Crippen molar-refractivity contribution in [3.8, 4) is 0 Å². The van der Waals surface area contributed by atoms with E-state index < -0.39 is 0 Å². The van der Waals surface area contributed by atoms with Gasteiger partial charge in [-0.3, -0.25) is 9.58 Å². The van der Waals surface area contributed by atoms with Gasteiger partial charge in [0, 0.05) is 37.0 Å². The van der Waals surface area contributed by atoms with E-state index in [0.717, 1.165) is 23.5 Å². The fraction of sp³-hybridized carbons (Fsp3) is 0.400. The first kappa shape index (κ1) is 13.7. The van der Waals surface area contributed by atoms with Gasteiger partial charge in [0.2, 0.25) is 0 Å². The monoisotopic (exact) mass is 261 g/mol. The Morgan fingerprint density at radius 1 is 1.21 bits per heavy atom. The molecule has 0 atom stereocenters. The number of halogens is 1. The third-order valence-corrected chi connectivity index (χ3v) is 3.49. The Hall–Kier alpha value is -1.68. The highest BCUT2D eigenvalue weighted by molar-refractivity contribution is 5.24. The number of hydrogen-bond acceptors (Lipinski definition) is 2. The van der Waals surface area contributed by atoms with Crippen LogP contribution in [0.5, 0.6) is 0 Å². The molecule has 0 saturated heterocycles. The Kier molecular flexibility index (Phi) is 4.00. The van der Waals surface area contributed by atoms with Crippen LogP contribution in [0, 0.1) is 19.7 Å². The highest BCUT2D eigenvalue weighted by Crippen LogP contribution is 2.16. The van der Waals surface area contributed by atoms with E-state index in [1.807, 2.05) is 37.8 Å². The molecule has 0 amide bonds. The first-order chi connectivity index (χ1) is 8.99. The quantitative estimate of drug-likeness (QED) is 0.844. The molecular weight excluding hydrogens is 241 g/mol. The Morgan fingerprint density at radius 3 is 2.47 bits per heavy atom. The highest BCUT2D eigenvalue weighted by atomic mass is 19.1. The van der Waals surface area contributed by atoms with E-state index in [4.69, 9.17) is 0 Å². The molecule has 19 heavy (non-hydrogen) atoms. The van der Waals surface area contributed by atoms with Crippen LogP contribution < -0.4 is 0 Å². The third-order valence-electron chi connectivity index (χ3n) is 3.49. The molecule has 2 aromatic rings. The lowest BCUT2D eigenvalue weighted by atomic mass is 10.1. The molecule has 2 rings (SSSR count). The molecule has 0 fully saturated rings. The van der Waals surface area contributed by atoms with E-state index in [1.54, 1.807) is 6.07 Å². The minimum atomic E-state index is -0.144. The minimum absolute atomic E-state index is 0.144. The SMILES string of the molecule is Cc1nn(C)c(C)c1CN(C)Cc1ccccc1F. The minimum Gasteiger partial charge on any atom is -0.298 e. The van der Waals surface area contributed by atoms with E-state index >= 15 is 0 Å². The molecule has 4 heteroatoms. The van der Waals surface area contributed by atoms with Gasteiger partial charge in [0.05, 0.1) is 5.69 Å². The third kappa shape index (κ3) is 3.01. The van der Waals surface area contributed by atoms with Crippen molar-refractivity contribution in [2.75, 3.05) is 7.05 Å². The lowest BCUT2D eigenvalue weighted by Crippen LogP contribution is -2.18. The topological polar surface area (TPSA) is 21.1 Å². The van der Waals surface area contributed by atoms with Crippen molar-refractivity contribution in [3.63, 3.8) is 0 Å². The second-order valence-electron chi connectivity index (χ2n) is 5.04. The van der Waals surface area contributed by atoms with E-state index in [0.29, 0.717) is 6.54 Å². The van der Waals surface area contributed by atoms with Gasteiger partial charge < -0.3 is 0 Å². The molecule has 102 valence electrons. The van der Waals surface area contributed by atoms with Crippen molar-refractivity contribution >= 4 is 0 Å². The summed E-state index contributed by atoms with van der Waals surface area (Å²) in [5.41, 5.74) is 4.16. The van der Waals surface area contributed by atoms with Gasteiger partial charge >= 0.3 is 0 Å². The fourth-order valence-corrected chi connectivity index (χ4v) is 2.29. The standard InChI is InChI=1S/C15H20FN3/c1-11-14(12(2)19(4)17-11)10-18(3)9-13-7-5-6-8-15(13)16/h5-8H,9-10H2,1-4H3. The van der Waals surface area contributed by atoms with E-state index in [2.05, 4.69) is 16.9 Å². The molecule has 1 aromatic carbocycles.